The molecule has 5 nitrogen and oxygen atoms in total. The number of pyridine rings is 1. The van der Waals surface area contributed by atoms with Gasteiger partial charge in [-0.25, -0.2) is 0 Å². The van der Waals surface area contributed by atoms with E-state index < -0.39 is 0 Å². The summed E-state index contributed by atoms with van der Waals surface area (Å²) in [6, 6.07) is 6.45. The first-order valence-corrected chi connectivity index (χ1v) is 10.9. The molecule has 0 saturated carbocycles. The number of hydrogen-bond donors (Lipinski definition) is 3. The second-order valence-corrected chi connectivity index (χ2v) is 9.04. The number of aromatic nitrogens is 1. The van der Waals surface area contributed by atoms with Gasteiger partial charge in [0.1, 0.15) is 36.9 Å². The van der Waals surface area contributed by atoms with Crippen molar-refractivity contribution in [3.05, 3.63) is 46.1 Å². The molecule has 3 N–H and O–H groups in total. The van der Waals surface area contributed by atoms with Crippen molar-refractivity contribution in [1.29, 1.82) is 0 Å². The van der Waals surface area contributed by atoms with Crippen LogP contribution in [0.2, 0.25) is 0 Å². The molecule has 1 unspecified atom stereocenters. The number of amides is 1. The highest BCUT2D eigenvalue weighted by molar-refractivity contribution is 7.16. The maximum Gasteiger partial charge on any atom is 0.221 e. The minimum atomic E-state index is 0.0208. The molecule has 2 aliphatic rings. The summed E-state index contributed by atoms with van der Waals surface area (Å²) in [6.07, 6.45) is 6.67. The fourth-order valence-electron chi connectivity index (χ4n) is 4.54. The Kier molecular flexibility index (Phi) is 5.57. The number of fused-ring (bicyclic) bond motifs is 1. The van der Waals surface area contributed by atoms with Crippen molar-refractivity contribution in [2.45, 2.75) is 38.6 Å². The predicted molar refractivity (Wildman–Crippen MR) is 109 cm³/mol. The summed E-state index contributed by atoms with van der Waals surface area (Å²) in [7, 11) is 2.28. The Hall–Kier alpha value is -1.76. The summed E-state index contributed by atoms with van der Waals surface area (Å²) in [5.41, 5.74) is 3.97. The minimum absolute atomic E-state index is 0.0208. The Bertz CT molecular complexity index is 796. The number of aryl methyl sites for hydroxylation is 1. The average Bonchev–Trinajstić information content (AvgIpc) is 3.02. The highest BCUT2D eigenvalue weighted by Crippen LogP contribution is 2.42. The quantitative estimate of drug-likeness (QED) is 0.716. The van der Waals surface area contributed by atoms with Crippen molar-refractivity contribution in [2.75, 3.05) is 38.5 Å². The van der Waals surface area contributed by atoms with E-state index in [0.717, 1.165) is 36.6 Å². The van der Waals surface area contributed by atoms with Crippen LogP contribution in [0.25, 0.3) is 0 Å². The number of carbonyl (C=O) groups excluding carboxylic acids is 1. The number of anilines is 1. The van der Waals surface area contributed by atoms with Crippen molar-refractivity contribution >= 4 is 22.2 Å². The molecule has 1 saturated heterocycles. The molecule has 6 heteroatoms. The number of rotatable bonds is 4. The van der Waals surface area contributed by atoms with E-state index >= 15 is 0 Å². The summed E-state index contributed by atoms with van der Waals surface area (Å²) in [4.78, 5) is 21.3. The first-order valence-electron chi connectivity index (χ1n) is 10.1. The van der Waals surface area contributed by atoms with E-state index in [2.05, 4.69) is 24.5 Å². The largest absolute Gasteiger partial charge is 0.328 e. The highest BCUT2D eigenvalue weighted by atomic mass is 32.1. The van der Waals surface area contributed by atoms with Gasteiger partial charge in [0.25, 0.3) is 0 Å². The first kappa shape index (κ1) is 18.6. The molecule has 0 radical (unpaired) electrons. The van der Waals surface area contributed by atoms with E-state index in [4.69, 9.17) is 4.98 Å². The lowest BCUT2D eigenvalue weighted by Crippen LogP contribution is -3.27. The van der Waals surface area contributed by atoms with Crippen LogP contribution in [-0.4, -0.2) is 44.1 Å². The van der Waals surface area contributed by atoms with Gasteiger partial charge in [0, 0.05) is 18.0 Å². The molecule has 27 heavy (non-hydrogen) atoms. The monoisotopic (exact) mass is 386 g/mol. The molecule has 1 aliphatic heterocycles. The lowest BCUT2D eigenvalue weighted by molar-refractivity contribution is -1.02. The molecule has 4 rings (SSSR count). The van der Waals surface area contributed by atoms with Gasteiger partial charge >= 0.3 is 0 Å². The summed E-state index contributed by atoms with van der Waals surface area (Å²) < 4.78 is 0. The maximum absolute atomic E-state index is 11.9. The molecule has 1 fully saturated rings. The SMILES string of the molecule is CC(=O)Nc1sc2c(c1C(c1ccccn1)[NH+]1CC[NH+](C)CC1)CCCC2. The van der Waals surface area contributed by atoms with Gasteiger partial charge in [-0.1, -0.05) is 6.07 Å². The van der Waals surface area contributed by atoms with Gasteiger partial charge in [0.05, 0.1) is 12.6 Å². The van der Waals surface area contributed by atoms with Crippen molar-refractivity contribution in [3.63, 3.8) is 0 Å². The summed E-state index contributed by atoms with van der Waals surface area (Å²) in [5.74, 6) is 0.0208. The fraction of sp³-hybridized carbons (Fsp3) is 0.524. The third-order valence-corrected chi connectivity index (χ3v) is 7.15. The Labute approximate surface area is 165 Å². The molecule has 144 valence electrons. The van der Waals surface area contributed by atoms with E-state index in [0.29, 0.717) is 0 Å². The Morgan fingerprint density at radius 1 is 1.19 bits per heavy atom. The lowest BCUT2D eigenvalue weighted by Gasteiger charge is -2.34. The van der Waals surface area contributed by atoms with Gasteiger partial charge in [0.2, 0.25) is 5.91 Å². The van der Waals surface area contributed by atoms with Crippen LogP contribution in [0, 0.1) is 0 Å². The van der Waals surface area contributed by atoms with Crippen molar-refractivity contribution in [2.24, 2.45) is 0 Å². The first-order chi connectivity index (χ1) is 13.1. The van der Waals surface area contributed by atoms with Gasteiger partial charge in [-0.2, -0.15) is 0 Å². The topological polar surface area (TPSA) is 50.9 Å². The van der Waals surface area contributed by atoms with E-state index in [1.54, 1.807) is 28.1 Å². The van der Waals surface area contributed by atoms with Crippen LogP contribution in [0.4, 0.5) is 5.00 Å². The molecule has 1 atom stereocenters. The van der Waals surface area contributed by atoms with Crippen LogP contribution in [0.15, 0.2) is 24.4 Å². The summed E-state index contributed by atoms with van der Waals surface area (Å²) in [6.45, 7) is 6.25. The number of thiophene rings is 1. The smallest absolute Gasteiger partial charge is 0.221 e. The zero-order valence-corrected chi connectivity index (χ0v) is 17.1. The van der Waals surface area contributed by atoms with E-state index in [1.807, 2.05) is 12.3 Å². The molecular formula is C21H30N4OS+2. The van der Waals surface area contributed by atoms with Gasteiger partial charge in [-0.05, 0) is 43.4 Å². The number of likely N-dealkylation sites (N-methyl/N-ethyl adjacent to an activating group) is 1. The molecule has 1 amide bonds. The molecule has 2 aromatic rings. The maximum atomic E-state index is 11.9. The summed E-state index contributed by atoms with van der Waals surface area (Å²) >= 11 is 1.80. The molecule has 1 aliphatic carbocycles. The number of nitrogens with zero attached hydrogens (tertiary/aromatic N) is 1. The highest BCUT2D eigenvalue weighted by Gasteiger charge is 2.37. The second kappa shape index (κ2) is 8.09. The number of carbonyl (C=O) groups is 1. The number of nitrogens with one attached hydrogen (secondary N) is 3. The van der Waals surface area contributed by atoms with Gasteiger partial charge in [-0.3, -0.25) is 9.78 Å². The van der Waals surface area contributed by atoms with Crippen molar-refractivity contribution in [1.82, 2.24) is 4.98 Å². The van der Waals surface area contributed by atoms with Crippen molar-refractivity contribution < 1.29 is 14.6 Å². The predicted octanol–water partition coefficient (Wildman–Crippen LogP) is 0.483. The average molecular weight is 387 g/mol. The fourth-order valence-corrected chi connectivity index (χ4v) is 5.92. The van der Waals surface area contributed by atoms with Crippen molar-refractivity contribution in [3.8, 4) is 0 Å². The zero-order chi connectivity index (χ0) is 18.8. The number of hydrogen-bond acceptors (Lipinski definition) is 3. The van der Waals surface area contributed by atoms with Crippen LogP contribution >= 0.6 is 11.3 Å². The standard InChI is InChI=1S/C21H28N4OS/c1-15(26)23-21-19(16-7-3-4-9-18(16)27-21)20(17-8-5-6-10-22-17)25-13-11-24(2)12-14-25/h5-6,8,10,20H,3-4,7,9,11-14H2,1-2H3,(H,23,26)/p+2. The van der Waals surface area contributed by atoms with E-state index in [9.17, 15) is 4.79 Å². The second-order valence-electron chi connectivity index (χ2n) is 7.94. The van der Waals surface area contributed by atoms with Crippen LogP contribution in [0.3, 0.4) is 0 Å². The molecule has 0 bridgehead atoms. The van der Waals surface area contributed by atoms with Crippen LogP contribution in [0.5, 0.6) is 0 Å². The van der Waals surface area contributed by atoms with Gasteiger partial charge in [0.15, 0.2) is 6.04 Å². The Morgan fingerprint density at radius 2 is 1.96 bits per heavy atom. The van der Waals surface area contributed by atoms with Gasteiger partial charge < -0.3 is 15.1 Å². The number of piperazine rings is 1. The zero-order valence-electron chi connectivity index (χ0n) is 16.3. The van der Waals surface area contributed by atoms with E-state index in [1.165, 1.54) is 41.9 Å². The van der Waals surface area contributed by atoms with Crippen LogP contribution < -0.4 is 15.1 Å². The third kappa shape index (κ3) is 3.93. The van der Waals surface area contributed by atoms with Crippen LogP contribution in [0.1, 0.15) is 47.5 Å². The third-order valence-electron chi connectivity index (χ3n) is 5.93. The Morgan fingerprint density at radius 3 is 2.67 bits per heavy atom. The molecule has 2 aromatic heterocycles. The number of quaternary nitrogens is 2. The normalized spacial score (nSPS) is 23.5. The summed E-state index contributed by atoms with van der Waals surface area (Å²) in [5, 5.41) is 4.22. The van der Waals surface area contributed by atoms with Crippen LogP contribution in [-0.2, 0) is 17.6 Å². The molecule has 3 heterocycles. The minimum Gasteiger partial charge on any atom is -0.328 e. The van der Waals surface area contributed by atoms with Gasteiger partial charge in [-0.15, -0.1) is 11.3 Å². The molecular weight excluding hydrogens is 356 g/mol. The molecule has 0 aromatic carbocycles. The lowest BCUT2D eigenvalue weighted by atomic mass is 9.90. The van der Waals surface area contributed by atoms with E-state index in [-0.39, 0.29) is 11.9 Å². The molecule has 0 spiro atoms. The Balaban J connectivity index is 1.82.